The van der Waals surface area contributed by atoms with Crippen LogP contribution in [0.1, 0.15) is 40.7 Å². The molecule has 2 nitrogen and oxygen atoms in total. The first kappa shape index (κ1) is 22.2. The lowest BCUT2D eigenvalue weighted by molar-refractivity contribution is -0.737. The van der Waals surface area contributed by atoms with E-state index in [0.717, 1.165) is 25.9 Å². The summed E-state index contributed by atoms with van der Waals surface area (Å²) >= 11 is 0. The maximum atomic E-state index is 2.60. The van der Waals surface area contributed by atoms with E-state index in [-0.39, 0.29) is 5.41 Å². The van der Waals surface area contributed by atoms with Crippen LogP contribution in [-0.4, -0.2) is 0 Å². The molecule has 1 unspecified atom stereocenters. The molecule has 0 saturated carbocycles. The van der Waals surface area contributed by atoms with Crippen LogP contribution >= 0.6 is 0 Å². The number of fused-ring (bicyclic) bond motifs is 9. The van der Waals surface area contributed by atoms with E-state index in [2.05, 4.69) is 107 Å². The maximum Gasteiger partial charge on any atom is 0.220 e. The summed E-state index contributed by atoms with van der Waals surface area (Å²) in [6.45, 7) is 4.27. The molecule has 0 amide bonds. The highest BCUT2D eigenvalue weighted by atomic mass is 15.0. The molecule has 1 spiro atoms. The molecule has 3 aliphatic rings. The molecule has 3 aromatic carbocycles. The second kappa shape index (κ2) is 8.36. The van der Waals surface area contributed by atoms with Gasteiger partial charge in [-0.2, -0.15) is 9.13 Å². The minimum absolute atomic E-state index is 0.0807. The summed E-state index contributed by atoms with van der Waals surface area (Å²) in [5.74, 6) is 0. The Morgan fingerprint density at radius 2 is 1.37 bits per heavy atom. The Morgan fingerprint density at radius 3 is 2.29 bits per heavy atom. The summed E-state index contributed by atoms with van der Waals surface area (Å²) in [6.07, 6.45) is 12.0. The summed E-state index contributed by atoms with van der Waals surface area (Å²) in [5, 5.41) is 2.67. The molecule has 0 N–H and O–H groups in total. The standard InChI is InChI=1S/C36H34N2/c1-25-14-16-37-23-36(22-30-19-27-9-2-3-10-28(27)20-33(30)34(37)18-25)21-29-11-5-7-13-32(29)35-31-12-6-4-8-26(31)15-17-38(35)24-36/h4-8,11-20H,2-3,9-10,21-24H2,1H3/q+2. The Labute approximate surface area is 225 Å². The third-order valence-electron chi connectivity index (χ3n) is 9.39. The molecular weight excluding hydrogens is 460 g/mol. The van der Waals surface area contributed by atoms with E-state index in [9.17, 15) is 0 Å². The van der Waals surface area contributed by atoms with Crippen LogP contribution < -0.4 is 9.13 Å². The largest absolute Gasteiger partial charge is 0.220 e. The average Bonchev–Trinajstić information content (AvgIpc) is 3.15. The Bertz CT molecular complexity index is 1750. The van der Waals surface area contributed by atoms with Crippen molar-refractivity contribution < 1.29 is 9.13 Å². The number of nitrogens with zero attached hydrogens (tertiary/aromatic N) is 2. The van der Waals surface area contributed by atoms with Crippen molar-refractivity contribution in [3.05, 3.63) is 119 Å². The molecule has 1 aliphatic carbocycles. The van der Waals surface area contributed by atoms with Gasteiger partial charge in [0, 0.05) is 23.8 Å². The Morgan fingerprint density at radius 1 is 0.632 bits per heavy atom. The number of aromatic nitrogens is 2. The first-order valence-corrected chi connectivity index (χ1v) is 14.3. The summed E-state index contributed by atoms with van der Waals surface area (Å²) < 4.78 is 5.15. The summed E-state index contributed by atoms with van der Waals surface area (Å²) in [7, 11) is 0. The number of benzene rings is 3. The normalized spacial score (nSPS) is 19.5. The fourth-order valence-corrected chi connectivity index (χ4v) is 7.69. The van der Waals surface area contributed by atoms with Crippen molar-refractivity contribution in [2.75, 3.05) is 0 Å². The molecule has 0 bridgehead atoms. The molecule has 8 rings (SSSR count). The molecular formula is C36H34N2+2. The van der Waals surface area contributed by atoms with E-state index < -0.39 is 0 Å². The highest BCUT2D eigenvalue weighted by molar-refractivity contribution is 5.93. The monoisotopic (exact) mass is 494 g/mol. The van der Waals surface area contributed by atoms with E-state index in [0.29, 0.717) is 0 Å². The fraction of sp³-hybridized carbons (Fsp3) is 0.278. The first-order valence-electron chi connectivity index (χ1n) is 14.3. The lowest BCUT2D eigenvalue weighted by Crippen LogP contribution is -2.52. The van der Waals surface area contributed by atoms with Crippen LogP contribution in [0.2, 0.25) is 0 Å². The van der Waals surface area contributed by atoms with Crippen molar-refractivity contribution in [3.63, 3.8) is 0 Å². The molecule has 38 heavy (non-hydrogen) atoms. The van der Waals surface area contributed by atoms with Crippen LogP contribution in [0.3, 0.4) is 0 Å². The van der Waals surface area contributed by atoms with E-state index in [1.54, 1.807) is 16.7 Å². The zero-order valence-electron chi connectivity index (χ0n) is 22.2. The number of aryl methyl sites for hydroxylation is 3. The molecule has 0 fully saturated rings. The van der Waals surface area contributed by atoms with Gasteiger partial charge in [-0.05, 0) is 96.9 Å². The van der Waals surface area contributed by atoms with Crippen molar-refractivity contribution in [3.8, 4) is 22.5 Å². The summed E-state index contributed by atoms with van der Waals surface area (Å²) in [4.78, 5) is 0. The van der Waals surface area contributed by atoms with Crippen LogP contribution in [0.5, 0.6) is 0 Å². The van der Waals surface area contributed by atoms with E-state index in [4.69, 9.17) is 0 Å². The summed E-state index contributed by atoms with van der Waals surface area (Å²) in [6, 6.07) is 30.3. The minimum Gasteiger partial charge on any atom is -0.197 e. The van der Waals surface area contributed by atoms with Crippen molar-refractivity contribution in [2.24, 2.45) is 5.41 Å². The third-order valence-corrected chi connectivity index (χ3v) is 9.39. The maximum absolute atomic E-state index is 2.60. The quantitative estimate of drug-likeness (QED) is 0.211. The molecule has 0 radical (unpaired) electrons. The van der Waals surface area contributed by atoms with Gasteiger partial charge in [-0.1, -0.05) is 42.5 Å². The van der Waals surface area contributed by atoms with Crippen LogP contribution in [0.15, 0.2) is 91.3 Å². The predicted molar refractivity (Wildman–Crippen MR) is 153 cm³/mol. The molecule has 2 aromatic heterocycles. The van der Waals surface area contributed by atoms with Gasteiger partial charge >= 0.3 is 0 Å². The van der Waals surface area contributed by atoms with E-state index >= 15 is 0 Å². The van der Waals surface area contributed by atoms with Crippen molar-refractivity contribution in [1.29, 1.82) is 0 Å². The van der Waals surface area contributed by atoms with Crippen LogP contribution in [0.4, 0.5) is 0 Å². The summed E-state index contributed by atoms with van der Waals surface area (Å²) in [5.41, 5.74) is 13.3. The lowest BCUT2D eigenvalue weighted by Gasteiger charge is -2.27. The molecule has 1 atom stereocenters. The minimum atomic E-state index is 0.0807. The molecule has 186 valence electrons. The van der Waals surface area contributed by atoms with E-state index in [1.165, 1.54) is 70.1 Å². The fourth-order valence-electron chi connectivity index (χ4n) is 7.69. The van der Waals surface area contributed by atoms with Gasteiger partial charge in [0.1, 0.15) is 0 Å². The van der Waals surface area contributed by atoms with Crippen molar-refractivity contribution in [1.82, 2.24) is 0 Å². The van der Waals surface area contributed by atoms with Gasteiger partial charge < -0.3 is 0 Å². The second-order valence-corrected chi connectivity index (χ2v) is 12.1. The Balaban J connectivity index is 1.38. The molecule has 4 heterocycles. The molecule has 5 aromatic rings. The first-order chi connectivity index (χ1) is 18.7. The van der Waals surface area contributed by atoms with Crippen LogP contribution in [0.25, 0.3) is 33.3 Å². The Hall–Kier alpha value is -3.78. The van der Waals surface area contributed by atoms with Crippen molar-refractivity contribution >= 4 is 10.8 Å². The Kier molecular flexibility index (Phi) is 4.89. The highest BCUT2D eigenvalue weighted by Crippen LogP contribution is 2.42. The van der Waals surface area contributed by atoms with Gasteiger partial charge in [0.2, 0.25) is 11.4 Å². The lowest BCUT2D eigenvalue weighted by atomic mass is 9.75. The molecule has 2 aliphatic heterocycles. The zero-order valence-corrected chi connectivity index (χ0v) is 22.2. The zero-order chi connectivity index (χ0) is 25.3. The number of hydrogen-bond acceptors (Lipinski definition) is 0. The SMILES string of the molecule is Cc1cc[n+]2c(c1)-c1cc3c(cc1CC1(Cc4ccccc4-c4c5ccccc5cc[n+]4C1)C2)CCCC3. The number of pyridine rings is 2. The second-order valence-electron chi connectivity index (χ2n) is 12.1. The molecule has 0 saturated heterocycles. The van der Waals surface area contributed by atoms with Crippen molar-refractivity contribution in [2.45, 2.75) is 58.5 Å². The topological polar surface area (TPSA) is 7.76 Å². The van der Waals surface area contributed by atoms with Crippen LogP contribution in [-0.2, 0) is 38.8 Å². The smallest absolute Gasteiger partial charge is 0.197 e. The van der Waals surface area contributed by atoms with Gasteiger partial charge in [-0.15, -0.1) is 0 Å². The third kappa shape index (κ3) is 3.46. The van der Waals surface area contributed by atoms with Gasteiger partial charge in [0.05, 0.1) is 16.4 Å². The van der Waals surface area contributed by atoms with Gasteiger partial charge in [-0.3, -0.25) is 0 Å². The number of rotatable bonds is 0. The van der Waals surface area contributed by atoms with Gasteiger partial charge in [-0.25, -0.2) is 0 Å². The number of hydrogen-bond donors (Lipinski definition) is 0. The predicted octanol–water partition coefficient (Wildman–Crippen LogP) is 6.73. The van der Waals surface area contributed by atoms with E-state index in [1.807, 2.05) is 0 Å². The molecule has 2 heteroatoms. The highest BCUT2D eigenvalue weighted by Gasteiger charge is 2.46. The van der Waals surface area contributed by atoms with Crippen LogP contribution in [0, 0.1) is 12.3 Å². The average molecular weight is 495 g/mol. The van der Waals surface area contributed by atoms with Gasteiger partial charge in [0.15, 0.2) is 25.5 Å². The van der Waals surface area contributed by atoms with Gasteiger partial charge in [0.25, 0.3) is 0 Å².